The third-order valence-corrected chi connectivity index (χ3v) is 3.23. The van der Waals surface area contributed by atoms with Crippen molar-refractivity contribution in [3.05, 3.63) is 46.5 Å². The minimum absolute atomic E-state index is 0.0228. The molecule has 0 saturated heterocycles. The topological polar surface area (TPSA) is 73.1 Å². The summed E-state index contributed by atoms with van der Waals surface area (Å²) in [5.41, 5.74) is 2.35. The summed E-state index contributed by atoms with van der Waals surface area (Å²) >= 11 is 6.21. The first-order chi connectivity index (χ1) is 9.04. The molecule has 0 saturated carbocycles. The van der Waals surface area contributed by atoms with Crippen LogP contribution in [-0.2, 0) is 0 Å². The maximum Gasteiger partial charge on any atom is 0.128 e. The van der Waals surface area contributed by atoms with Gasteiger partial charge in [0.1, 0.15) is 11.5 Å². The molecule has 3 N–H and O–H groups in total. The van der Waals surface area contributed by atoms with Crippen molar-refractivity contribution < 1.29 is 15.4 Å². The molecule has 0 radical (unpaired) electrons. The number of phenols is 2. The number of phenolic OH excluding ortho intramolecular Hbond substituents is 2. The highest BCUT2D eigenvalue weighted by Crippen LogP contribution is 2.37. The summed E-state index contributed by atoms with van der Waals surface area (Å²) in [6.07, 6.45) is 1.09. The van der Waals surface area contributed by atoms with Crippen LogP contribution in [0.3, 0.4) is 0 Å². The average Bonchev–Trinajstić information content (AvgIpc) is 2.40. The van der Waals surface area contributed by atoms with E-state index >= 15 is 0 Å². The summed E-state index contributed by atoms with van der Waals surface area (Å²) in [5, 5.41) is 31.0. The molecule has 0 heterocycles. The van der Waals surface area contributed by atoms with E-state index in [4.69, 9.17) is 16.8 Å². The quantitative estimate of drug-likeness (QED) is 0.447. The number of hydrogen-bond donors (Lipinski definition) is 3. The molecular weight excluding hydrogens is 266 g/mol. The maximum atomic E-state index is 9.90. The third kappa shape index (κ3) is 2.48. The van der Waals surface area contributed by atoms with E-state index in [1.807, 2.05) is 0 Å². The number of hydrogen-bond acceptors (Lipinski definition) is 4. The lowest BCUT2D eigenvalue weighted by Gasteiger charge is -2.11. The van der Waals surface area contributed by atoms with E-state index in [-0.39, 0.29) is 22.1 Å². The molecule has 0 unspecified atom stereocenters. The van der Waals surface area contributed by atoms with Gasteiger partial charge in [0.15, 0.2) is 0 Å². The lowest BCUT2D eigenvalue weighted by molar-refractivity contribution is 0.321. The van der Waals surface area contributed by atoms with Crippen LogP contribution >= 0.6 is 11.6 Å². The third-order valence-electron chi connectivity index (χ3n) is 2.83. The van der Waals surface area contributed by atoms with Gasteiger partial charge in [-0.25, -0.2) is 0 Å². The molecule has 0 bridgehead atoms. The summed E-state index contributed by atoms with van der Waals surface area (Å²) in [7, 11) is 0. The number of benzene rings is 2. The van der Waals surface area contributed by atoms with Crippen molar-refractivity contribution in [1.82, 2.24) is 0 Å². The van der Waals surface area contributed by atoms with Gasteiger partial charge in [0.05, 0.1) is 16.8 Å². The van der Waals surface area contributed by atoms with Crippen LogP contribution in [-0.4, -0.2) is 21.6 Å². The Hall–Kier alpha value is -2.20. The van der Waals surface area contributed by atoms with Gasteiger partial charge in [-0.05, 0) is 36.2 Å². The molecule has 0 aliphatic carbocycles. The van der Waals surface area contributed by atoms with Crippen LogP contribution in [0.4, 0.5) is 0 Å². The van der Waals surface area contributed by atoms with Crippen LogP contribution in [0.5, 0.6) is 11.5 Å². The van der Waals surface area contributed by atoms with Crippen molar-refractivity contribution in [1.29, 1.82) is 0 Å². The summed E-state index contributed by atoms with van der Waals surface area (Å²) in [6.45, 7) is 1.73. The van der Waals surface area contributed by atoms with Crippen molar-refractivity contribution in [2.45, 2.75) is 6.92 Å². The second-order valence-electron chi connectivity index (χ2n) is 4.11. The SMILES string of the molecule is Cc1cc(-c2ccc(O)cc2)c(Cl)c(/C=N/O)c1O. The lowest BCUT2D eigenvalue weighted by Crippen LogP contribution is -1.92. The molecule has 19 heavy (non-hydrogen) atoms. The first-order valence-corrected chi connectivity index (χ1v) is 5.91. The van der Waals surface area contributed by atoms with Gasteiger partial charge in [-0.1, -0.05) is 28.9 Å². The van der Waals surface area contributed by atoms with E-state index in [0.29, 0.717) is 11.1 Å². The average molecular weight is 278 g/mol. The second kappa shape index (κ2) is 5.20. The number of nitrogens with zero attached hydrogens (tertiary/aromatic N) is 1. The highest BCUT2D eigenvalue weighted by Gasteiger charge is 2.14. The fourth-order valence-corrected chi connectivity index (χ4v) is 2.14. The summed E-state index contributed by atoms with van der Waals surface area (Å²) in [5.74, 6) is 0.137. The Bertz CT molecular complexity index is 636. The Morgan fingerprint density at radius 2 is 1.79 bits per heavy atom. The van der Waals surface area contributed by atoms with E-state index < -0.39 is 0 Å². The van der Waals surface area contributed by atoms with Crippen molar-refractivity contribution in [3.8, 4) is 22.6 Å². The van der Waals surface area contributed by atoms with Gasteiger partial charge >= 0.3 is 0 Å². The van der Waals surface area contributed by atoms with Crippen molar-refractivity contribution >= 4 is 17.8 Å². The minimum Gasteiger partial charge on any atom is -0.508 e. The van der Waals surface area contributed by atoms with Gasteiger partial charge in [-0.2, -0.15) is 0 Å². The molecule has 2 aromatic carbocycles. The summed E-state index contributed by atoms with van der Waals surface area (Å²) in [4.78, 5) is 0. The lowest BCUT2D eigenvalue weighted by atomic mass is 9.99. The van der Waals surface area contributed by atoms with E-state index in [0.717, 1.165) is 11.8 Å². The fourth-order valence-electron chi connectivity index (χ4n) is 1.84. The molecule has 0 aliphatic heterocycles. The molecule has 0 aromatic heterocycles. The molecular formula is C14H12ClNO3. The molecule has 0 amide bonds. The zero-order valence-corrected chi connectivity index (χ0v) is 10.9. The second-order valence-corrected chi connectivity index (χ2v) is 4.49. The first-order valence-electron chi connectivity index (χ1n) is 5.53. The molecule has 0 fully saturated rings. The Labute approximate surface area is 115 Å². The number of oxime groups is 1. The Morgan fingerprint density at radius 3 is 2.37 bits per heavy atom. The first kappa shape index (κ1) is 13.2. The van der Waals surface area contributed by atoms with Crippen LogP contribution in [0.15, 0.2) is 35.5 Å². The Kier molecular flexibility index (Phi) is 3.62. The number of rotatable bonds is 2. The predicted molar refractivity (Wildman–Crippen MR) is 74.3 cm³/mol. The van der Waals surface area contributed by atoms with Crippen LogP contribution in [0.2, 0.25) is 5.02 Å². The van der Waals surface area contributed by atoms with Gasteiger partial charge < -0.3 is 15.4 Å². The van der Waals surface area contributed by atoms with Crippen LogP contribution in [0.1, 0.15) is 11.1 Å². The van der Waals surface area contributed by atoms with Crippen LogP contribution in [0, 0.1) is 6.92 Å². The minimum atomic E-state index is -0.0228. The summed E-state index contributed by atoms with van der Waals surface area (Å²) < 4.78 is 0. The largest absolute Gasteiger partial charge is 0.508 e. The molecule has 0 atom stereocenters. The molecule has 98 valence electrons. The van der Waals surface area contributed by atoms with Crippen LogP contribution in [0.25, 0.3) is 11.1 Å². The van der Waals surface area contributed by atoms with Crippen LogP contribution < -0.4 is 0 Å². The van der Waals surface area contributed by atoms with Gasteiger partial charge in [-0.15, -0.1) is 0 Å². The normalized spacial score (nSPS) is 11.1. The smallest absolute Gasteiger partial charge is 0.128 e. The zero-order valence-electron chi connectivity index (χ0n) is 10.1. The maximum absolute atomic E-state index is 9.90. The van der Waals surface area contributed by atoms with Crippen molar-refractivity contribution in [3.63, 3.8) is 0 Å². The summed E-state index contributed by atoms with van der Waals surface area (Å²) in [6, 6.07) is 8.26. The predicted octanol–water partition coefficient (Wildman–Crippen LogP) is 3.53. The molecule has 2 rings (SSSR count). The zero-order chi connectivity index (χ0) is 14.0. The highest BCUT2D eigenvalue weighted by molar-refractivity contribution is 6.36. The Balaban J connectivity index is 2.67. The number of aryl methyl sites for hydroxylation is 1. The van der Waals surface area contributed by atoms with E-state index in [2.05, 4.69) is 5.16 Å². The van der Waals surface area contributed by atoms with Gasteiger partial charge in [0, 0.05) is 5.56 Å². The molecule has 0 aliphatic rings. The molecule has 5 heteroatoms. The van der Waals surface area contributed by atoms with Crippen molar-refractivity contribution in [2.75, 3.05) is 0 Å². The number of halogens is 1. The molecule has 2 aromatic rings. The monoisotopic (exact) mass is 277 g/mol. The standard InChI is InChI=1S/C14H12ClNO3/c1-8-6-11(9-2-4-10(17)5-3-9)13(15)12(7-16-19)14(8)18/h2-7,17-19H,1H3/b16-7+. The van der Waals surface area contributed by atoms with Gasteiger partial charge in [0.2, 0.25) is 0 Å². The van der Waals surface area contributed by atoms with Crippen molar-refractivity contribution in [2.24, 2.45) is 5.16 Å². The van der Waals surface area contributed by atoms with Gasteiger partial charge in [-0.3, -0.25) is 0 Å². The van der Waals surface area contributed by atoms with Gasteiger partial charge in [0.25, 0.3) is 0 Å². The fraction of sp³-hybridized carbons (Fsp3) is 0.0714. The van der Waals surface area contributed by atoms with E-state index in [9.17, 15) is 10.2 Å². The van der Waals surface area contributed by atoms with E-state index in [1.165, 1.54) is 0 Å². The molecule has 0 spiro atoms. The number of aromatic hydroxyl groups is 2. The molecule has 4 nitrogen and oxygen atoms in total. The van der Waals surface area contributed by atoms with E-state index in [1.54, 1.807) is 37.3 Å². The Morgan fingerprint density at radius 1 is 1.16 bits per heavy atom. The highest BCUT2D eigenvalue weighted by atomic mass is 35.5.